The summed E-state index contributed by atoms with van der Waals surface area (Å²) in [4.78, 5) is 11.3. The molecule has 94 valence electrons. The Hall–Kier alpha value is -2.10. The second-order valence-corrected chi connectivity index (χ2v) is 4.08. The van der Waals surface area contributed by atoms with Crippen LogP contribution in [0.1, 0.15) is 25.5 Å². The number of hydrogen-bond acceptors (Lipinski definition) is 3. The average molecular weight is 244 g/mol. The van der Waals surface area contributed by atoms with E-state index in [9.17, 15) is 4.79 Å². The van der Waals surface area contributed by atoms with Gasteiger partial charge in [0.05, 0.1) is 6.54 Å². The third-order valence-electron chi connectivity index (χ3n) is 2.56. The van der Waals surface area contributed by atoms with Crippen LogP contribution in [0.3, 0.4) is 0 Å². The summed E-state index contributed by atoms with van der Waals surface area (Å²) in [5, 5.41) is 6.74. The van der Waals surface area contributed by atoms with E-state index in [-0.39, 0.29) is 5.91 Å². The lowest BCUT2D eigenvalue weighted by Crippen LogP contribution is -2.22. The Morgan fingerprint density at radius 3 is 2.83 bits per heavy atom. The van der Waals surface area contributed by atoms with Gasteiger partial charge in [0.15, 0.2) is 5.76 Å². The fraction of sp³-hybridized carbons (Fsp3) is 0.286. The molecule has 1 aromatic heterocycles. The first kappa shape index (κ1) is 12.4. The van der Waals surface area contributed by atoms with E-state index in [0.717, 1.165) is 23.4 Å². The number of amides is 1. The molecule has 2 aromatic rings. The normalized spacial score (nSPS) is 10.3. The summed E-state index contributed by atoms with van der Waals surface area (Å²) in [6.07, 6.45) is 1.39. The van der Waals surface area contributed by atoms with E-state index in [1.165, 1.54) is 0 Å². The molecule has 1 aromatic carbocycles. The summed E-state index contributed by atoms with van der Waals surface area (Å²) < 4.78 is 5.24. The molecule has 0 saturated carbocycles. The van der Waals surface area contributed by atoms with Crippen LogP contribution in [0.15, 0.2) is 40.9 Å². The topological polar surface area (TPSA) is 55.1 Å². The molecule has 0 aliphatic carbocycles. The number of aromatic nitrogens is 1. The van der Waals surface area contributed by atoms with Crippen molar-refractivity contribution in [3.05, 3.63) is 42.1 Å². The van der Waals surface area contributed by atoms with E-state index in [1.807, 2.05) is 43.3 Å². The predicted octanol–water partition coefficient (Wildman–Crippen LogP) is 2.76. The highest BCUT2D eigenvalue weighted by atomic mass is 16.5. The maximum atomic E-state index is 11.3. The van der Waals surface area contributed by atoms with Crippen molar-refractivity contribution in [2.45, 2.75) is 26.3 Å². The van der Waals surface area contributed by atoms with E-state index in [1.54, 1.807) is 0 Å². The smallest absolute Gasteiger partial charge is 0.220 e. The van der Waals surface area contributed by atoms with Crippen LogP contribution in [-0.4, -0.2) is 11.1 Å². The van der Waals surface area contributed by atoms with Gasteiger partial charge >= 0.3 is 0 Å². The summed E-state index contributed by atoms with van der Waals surface area (Å²) in [7, 11) is 0. The van der Waals surface area contributed by atoms with E-state index in [2.05, 4.69) is 10.5 Å². The number of nitrogens with one attached hydrogen (secondary N) is 1. The van der Waals surface area contributed by atoms with Gasteiger partial charge < -0.3 is 9.84 Å². The molecule has 4 nitrogen and oxygen atoms in total. The molecule has 0 aliphatic heterocycles. The number of benzene rings is 1. The van der Waals surface area contributed by atoms with Crippen molar-refractivity contribution in [1.82, 2.24) is 10.5 Å². The van der Waals surface area contributed by atoms with E-state index >= 15 is 0 Å². The highest BCUT2D eigenvalue weighted by Gasteiger charge is 2.07. The number of carbonyl (C=O) groups excluding carboxylic acids is 1. The van der Waals surface area contributed by atoms with Crippen LogP contribution in [0.5, 0.6) is 0 Å². The van der Waals surface area contributed by atoms with Crippen LogP contribution in [0, 0.1) is 0 Å². The van der Waals surface area contributed by atoms with Gasteiger partial charge in [-0.1, -0.05) is 42.4 Å². The fourth-order valence-electron chi connectivity index (χ4n) is 1.64. The third kappa shape index (κ3) is 3.20. The molecular weight excluding hydrogens is 228 g/mol. The second-order valence-electron chi connectivity index (χ2n) is 4.08. The molecule has 1 heterocycles. The van der Waals surface area contributed by atoms with Crippen LogP contribution in [0.2, 0.25) is 0 Å². The minimum absolute atomic E-state index is 0.0433. The van der Waals surface area contributed by atoms with Crippen molar-refractivity contribution in [2.75, 3.05) is 0 Å². The van der Waals surface area contributed by atoms with Gasteiger partial charge in [0, 0.05) is 18.1 Å². The molecule has 0 unspecified atom stereocenters. The molecule has 4 heteroatoms. The molecule has 0 atom stereocenters. The second kappa shape index (κ2) is 6.00. The highest BCUT2D eigenvalue weighted by molar-refractivity contribution is 5.75. The monoisotopic (exact) mass is 244 g/mol. The molecule has 18 heavy (non-hydrogen) atoms. The summed E-state index contributed by atoms with van der Waals surface area (Å²) >= 11 is 0. The Balaban J connectivity index is 1.97. The van der Waals surface area contributed by atoms with Crippen LogP contribution in [0.4, 0.5) is 0 Å². The Morgan fingerprint density at radius 2 is 2.11 bits per heavy atom. The standard InChI is InChI=1S/C14H16N2O2/c1-2-6-14(17)15-10-12-9-13(18-16-12)11-7-4-3-5-8-11/h3-5,7-9H,2,6,10H2,1H3,(H,15,17). The van der Waals surface area contributed by atoms with Gasteiger partial charge in [0.2, 0.25) is 5.91 Å². The molecule has 0 aliphatic rings. The zero-order valence-corrected chi connectivity index (χ0v) is 10.3. The lowest BCUT2D eigenvalue weighted by atomic mass is 10.1. The predicted molar refractivity (Wildman–Crippen MR) is 68.7 cm³/mol. The quantitative estimate of drug-likeness (QED) is 0.879. The molecule has 0 bridgehead atoms. The molecule has 1 amide bonds. The number of carbonyl (C=O) groups is 1. The van der Waals surface area contributed by atoms with Crippen LogP contribution in [-0.2, 0) is 11.3 Å². The Labute approximate surface area is 106 Å². The van der Waals surface area contributed by atoms with Crippen LogP contribution in [0.25, 0.3) is 11.3 Å². The van der Waals surface area contributed by atoms with E-state index in [0.29, 0.717) is 13.0 Å². The van der Waals surface area contributed by atoms with Crippen molar-refractivity contribution >= 4 is 5.91 Å². The van der Waals surface area contributed by atoms with Gasteiger partial charge in [-0.2, -0.15) is 0 Å². The molecule has 0 spiro atoms. The van der Waals surface area contributed by atoms with Gasteiger partial charge in [-0.25, -0.2) is 0 Å². The first-order valence-electron chi connectivity index (χ1n) is 6.07. The third-order valence-corrected chi connectivity index (χ3v) is 2.56. The zero-order chi connectivity index (χ0) is 12.8. The Bertz CT molecular complexity index is 506. The maximum Gasteiger partial charge on any atom is 0.220 e. The van der Waals surface area contributed by atoms with E-state index in [4.69, 9.17) is 4.52 Å². The van der Waals surface area contributed by atoms with Crippen LogP contribution < -0.4 is 5.32 Å². The molecule has 0 radical (unpaired) electrons. The first-order chi connectivity index (χ1) is 8.79. The Morgan fingerprint density at radius 1 is 1.33 bits per heavy atom. The first-order valence-corrected chi connectivity index (χ1v) is 6.07. The van der Waals surface area contributed by atoms with Gasteiger partial charge in [-0.05, 0) is 6.42 Å². The summed E-state index contributed by atoms with van der Waals surface area (Å²) in [5.74, 6) is 0.761. The highest BCUT2D eigenvalue weighted by Crippen LogP contribution is 2.19. The van der Waals surface area contributed by atoms with Crippen molar-refractivity contribution in [3.8, 4) is 11.3 Å². The molecule has 2 rings (SSSR count). The number of rotatable bonds is 5. The van der Waals surface area contributed by atoms with Crippen LogP contribution >= 0.6 is 0 Å². The molecular formula is C14H16N2O2. The fourth-order valence-corrected chi connectivity index (χ4v) is 1.64. The van der Waals surface area contributed by atoms with Gasteiger partial charge in [-0.3, -0.25) is 4.79 Å². The lowest BCUT2D eigenvalue weighted by molar-refractivity contribution is -0.121. The van der Waals surface area contributed by atoms with Crippen molar-refractivity contribution in [1.29, 1.82) is 0 Å². The van der Waals surface area contributed by atoms with Gasteiger partial charge in [0.25, 0.3) is 0 Å². The summed E-state index contributed by atoms with van der Waals surface area (Å²) in [6.45, 7) is 2.39. The summed E-state index contributed by atoms with van der Waals surface area (Å²) in [6, 6.07) is 11.6. The molecule has 1 N–H and O–H groups in total. The number of nitrogens with zero attached hydrogens (tertiary/aromatic N) is 1. The average Bonchev–Trinajstić information content (AvgIpc) is 2.87. The Kier molecular flexibility index (Phi) is 4.12. The summed E-state index contributed by atoms with van der Waals surface area (Å²) in [5.41, 5.74) is 1.72. The van der Waals surface area contributed by atoms with Crippen molar-refractivity contribution < 1.29 is 9.32 Å². The maximum absolute atomic E-state index is 11.3. The van der Waals surface area contributed by atoms with Gasteiger partial charge in [-0.15, -0.1) is 0 Å². The lowest BCUT2D eigenvalue weighted by Gasteiger charge is -1.99. The SMILES string of the molecule is CCCC(=O)NCc1cc(-c2ccccc2)on1. The zero-order valence-electron chi connectivity index (χ0n) is 10.3. The van der Waals surface area contributed by atoms with Crippen molar-refractivity contribution in [3.63, 3.8) is 0 Å². The molecule has 0 fully saturated rings. The largest absolute Gasteiger partial charge is 0.356 e. The van der Waals surface area contributed by atoms with Crippen molar-refractivity contribution in [2.24, 2.45) is 0 Å². The number of hydrogen-bond donors (Lipinski definition) is 1. The minimum Gasteiger partial charge on any atom is -0.356 e. The van der Waals surface area contributed by atoms with Gasteiger partial charge in [0.1, 0.15) is 5.69 Å². The molecule has 0 saturated heterocycles. The minimum atomic E-state index is 0.0433. The van der Waals surface area contributed by atoms with E-state index < -0.39 is 0 Å².